The van der Waals surface area contributed by atoms with Crippen LogP contribution in [-0.2, 0) is 0 Å². The molecule has 0 N–H and O–H groups in total. The van der Waals surface area contributed by atoms with Gasteiger partial charge in [0.05, 0.1) is 0 Å². The molecule has 0 aromatic heterocycles. The first-order valence-electron chi connectivity index (χ1n) is 10.3. The van der Waals surface area contributed by atoms with Crippen LogP contribution in [0, 0.1) is 0 Å². The molecule has 0 bridgehead atoms. The van der Waals surface area contributed by atoms with Gasteiger partial charge in [-0.05, 0) is 0 Å². The van der Waals surface area contributed by atoms with E-state index in [1.165, 1.54) is 77.0 Å². The Kier molecular flexibility index (Phi) is 14.2. The maximum absolute atomic E-state index is 3.02. The van der Waals surface area contributed by atoms with Crippen molar-refractivity contribution in [2.24, 2.45) is 0 Å². The van der Waals surface area contributed by atoms with Crippen LogP contribution in [0.2, 0.25) is 0 Å². The second-order valence-corrected chi connectivity index (χ2v) is 21.2. The first-order chi connectivity index (χ1) is 10.5. The van der Waals surface area contributed by atoms with Gasteiger partial charge in [0.25, 0.3) is 0 Å². The van der Waals surface area contributed by atoms with Crippen molar-refractivity contribution < 1.29 is 0 Å². The summed E-state index contributed by atoms with van der Waals surface area (Å²) in [7, 11) is 0. The molecule has 0 saturated heterocycles. The molecule has 136 valence electrons. The Hall–Kier alpha value is 1.16. The van der Waals surface area contributed by atoms with E-state index in [0.29, 0.717) is 0 Å². The molecule has 0 unspecified atom stereocenters. The summed E-state index contributed by atoms with van der Waals surface area (Å²) in [5.41, 5.74) is 0. The molecule has 0 spiro atoms. The van der Waals surface area contributed by atoms with Crippen LogP contribution in [0.3, 0.4) is 0 Å². The van der Waals surface area contributed by atoms with E-state index in [-0.39, 0.29) is 0 Å². The molecule has 0 radical (unpaired) electrons. The van der Waals surface area contributed by atoms with Crippen molar-refractivity contribution >= 4 is 26.3 Å². The third-order valence-corrected chi connectivity index (χ3v) is 17.1. The summed E-state index contributed by atoms with van der Waals surface area (Å²) in [6.45, 7) is 9.52. The number of unbranched alkanes of at least 4 members (excludes halogenated alkanes) is 8. The van der Waals surface area contributed by atoms with Gasteiger partial charge < -0.3 is 0 Å². The van der Waals surface area contributed by atoms with E-state index < -0.39 is 4.25 Å². The molecule has 0 aliphatic rings. The van der Waals surface area contributed by atoms with Crippen LogP contribution >= 0.6 is 26.3 Å². The van der Waals surface area contributed by atoms with Crippen LogP contribution < -0.4 is 0 Å². The Bertz CT molecular complexity index is 232. The summed E-state index contributed by atoms with van der Waals surface area (Å²) < 4.78 is -1.39. The molecule has 0 aliphatic carbocycles. The predicted molar refractivity (Wildman–Crippen MR) is 119 cm³/mol. The third kappa shape index (κ3) is 10.1. The van der Waals surface area contributed by atoms with Gasteiger partial charge in [-0.3, -0.25) is 0 Å². The van der Waals surface area contributed by atoms with Crippen molar-refractivity contribution in [3.63, 3.8) is 0 Å². The van der Waals surface area contributed by atoms with Crippen LogP contribution in [0.1, 0.15) is 105 Å². The van der Waals surface area contributed by atoms with E-state index in [9.17, 15) is 0 Å². The topological polar surface area (TPSA) is 0 Å². The summed E-state index contributed by atoms with van der Waals surface area (Å²) in [6.07, 6.45) is 23.6. The fourth-order valence-corrected chi connectivity index (χ4v) is 15.2. The van der Waals surface area contributed by atoms with Crippen LogP contribution in [0.25, 0.3) is 0 Å². The number of hydrogen-bond donors (Lipinski definition) is 0. The van der Waals surface area contributed by atoms with E-state index in [0.717, 1.165) is 0 Å². The molecule has 0 saturated carbocycles. The Morgan fingerprint density at radius 3 is 1.18 bits per heavy atom. The van der Waals surface area contributed by atoms with Crippen molar-refractivity contribution in [2.75, 3.05) is 24.6 Å². The monoisotopic (exact) mass is 442 g/mol. The number of halogens is 1. The van der Waals surface area contributed by atoms with E-state index in [1.807, 2.05) is 0 Å². The summed E-state index contributed by atoms with van der Waals surface area (Å²) in [6, 6.07) is 0. The summed E-state index contributed by atoms with van der Waals surface area (Å²) in [5, 5.41) is 0. The fraction of sp³-hybridized carbons (Fsp3) is 1.00. The molecule has 22 heavy (non-hydrogen) atoms. The van der Waals surface area contributed by atoms with Crippen LogP contribution in [0.4, 0.5) is 0 Å². The van der Waals surface area contributed by atoms with Crippen LogP contribution in [0.15, 0.2) is 0 Å². The summed E-state index contributed by atoms with van der Waals surface area (Å²) >= 11 is 3.02. The molecular formula is C20H44IP. The average molecular weight is 442 g/mol. The molecule has 0 atom stereocenters. The number of rotatable bonds is 16. The normalized spacial score (nSPS) is 14.0. The molecule has 0 aliphatic heterocycles. The first-order valence-corrected chi connectivity index (χ1v) is 16.0. The quantitative estimate of drug-likeness (QED) is 0.127. The maximum atomic E-state index is 3.02. The van der Waals surface area contributed by atoms with Gasteiger partial charge in [-0.15, -0.1) is 0 Å². The van der Waals surface area contributed by atoms with Gasteiger partial charge in [0.2, 0.25) is 0 Å². The SMILES string of the molecule is CCCCCCCCCCCP(I)(CCC)(CCC)CCC. The molecule has 0 rings (SSSR count). The average Bonchev–Trinajstić information content (AvgIpc) is 2.46. The van der Waals surface area contributed by atoms with Crippen LogP contribution in [0.5, 0.6) is 0 Å². The summed E-state index contributed by atoms with van der Waals surface area (Å²) in [5.74, 6) is 0. The molecular weight excluding hydrogens is 398 g/mol. The zero-order chi connectivity index (χ0) is 16.8. The zero-order valence-corrected chi connectivity index (χ0v) is 19.2. The van der Waals surface area contributed by atoms with Gasteiger partial charge in [-0.2, -0.15) is 0 Å². The van der Waals surface area contributed by atoms with Gasteiger partial charge in [0.15, 0.2) is 0 Å². The van der Waals surface area contributed by atoms with Gasteiger partial charge in [-0.25, -0.2) is 0 Å². The second-order valence-electron chi connectivity index (χ2n) is 7.54. The van der Waals surface area contributed by atoms with Crippen molar-refractivity contribution in [3.8, 4) is 0 Å². The second kappa shape index (κ2) is 13.5. The molecule has 0 heterocycles. The predicted octanol–water partition coefficient (Wildman–Crippen LogP) is 8.65. The van der Waals surface area contributed by atoms with Gasteiger partial charge in [0, 0.05) is 0 Å². The molecule has 0 fully saturated rings. The van der Waals surface area contributed by atoms with Crippen molar-refractivity contribution in [1.82, 2.24) is 0 Å². The van der Waals surface area contributed by atoms with E-state index in [4.69, 9.17) is 0 Å². The van der Waals surface area contributed by atoms with Gasteiger partial charge >= 0.3 is 156 Å². The standard InChI is InChI=1S/C20H44IP/c1-5-9-10-11-12-13-14-15-16-20-22(21,17-6-2,18-7-3)19-8-4/h5-20H2,1-4H3. The van der Waals surface area contributed by atoms with Crippen molar-refractivity contribution in [2.45, 2.75) is 105 Å². The summed E-state index contributed by atoms with van der Waals surface area (Å²) in [4.78, 5) is 0. The van der Waals surface area contributed by atoms with Gasteiger partial charge in [-0.1, -0.05) is 0 Å². The Labute approximate surface area is 155 Å². The molecule has 0 aromatic carbocycles. The fourth-order valence-electron chi connectivity index (χ4n) is 4.17. The molecule has 0 aromatic rings. The van der Waals surface area contributed by atoms with E-state index in [1.54, 1.807) is 24.6 Å². The van der Waals surface area contributed by atoms with E-state index >= 15 is 0 Å². The Morgan fingerprint density at radius 1 is 0.455 bits per heavy atom. The Morgan fingerprint density at radius 2 is 0.818 bits per heavy atom. The minimum absolute atomic E-state index is 1.37. The molecule has 0 amide bonds. The number of hydrogen-bond acceptors (Lipinski definition) is 0. The van der Waals surface area contributed by atoms with Crippen molar-refractivity contribution in [3.05, 3.63) is 0 Å². The first kappa shape index (κ1) is 23.2. The molecule has 0 nitrogen and oxygen atoms in total. The Balaban J connectivity index is 4.03. The minimum atomic E-state index is -1.39. The van der Waals surface area contributed by atoms with E-state index in [2.05, 4.69) is 49.7 Å². The molecule has 2 heteroatoms. The van der Waals surface area contributed by atoms with Crippen LogP contribution in [-0.4, -0.2) is 24.6 Å². The van der Waals surface area contributed by atoms with Gasteiger partial charge in [0.1, 0.15) is 0 Å². The van der Waals surface area contributed by atoms with Crippen molar-refractivity contribution in [1.29, 1.82) is 0 Å². The third-order valence-electron chi connectivity index (χ3n) is 5.17. The zero-order valence-electron chi connectivity index (χ0n) is 16.1.